The van der Waals surface area contributed by atoms with Gasteiger partial charge in [0.2, 0.25) is 0 Å². The minimum absolute atomic E-state index is 0.0600. The van der Waals surface area contributed by atoms with Gasteiger partial charge < -0.3 is 15.7 Å². The van der Waals surface area contributed by atoms with Crippen molar-refractivity contribution in [1.29, 1.82) is 0 Å². The van der Waals surface area contributed by atoms with Crippen LogP contribution in [0.15, 0.2) is 54.6 Å². The molecule has 3 atom stereocenters. The summed E-state index contributed by atoms with van der Waals surface area (Å²) in [7, 11) is 0. The first kappa shape index (κ1) is 17.3. The fraction of sp³-hybridized carbons (Fsp3) is 0.238. The number of fused-ring (bicyclic) bond motifs is 3. The molecule has 0 bridgehead atoms. The summed E-state index contributed by atoms with van der Waals surface area (Å²) >= 11 is 0. The zero-order valence-electron chi connectivity index (χ0n) is 14.5. The molecule has 2 aromatic rings. The maximum atomic E-state index is 13.3. The largest absolute Gasteiger partial charge is 0.480 e. The Morgan fingerprint density at radius 2 is 1.96 bits per heavy atom. The smallest absolute Gasteiger partial charge is 0.322 e. The first-order valence-electron chi connectivity index (χ1n) is 8.85. The Bertz CT molecular complexity index is 924. The molecule has 0 radical (unpaired) electrons. The number of nitrogens with one attached hydrogen (secondary N) is 2. The molecule has 0 aromatic heterocycles. The minimum atomic E-state index is -1.08. The van der Waals surface area contributed by atoms with Crippen molar-refractivity contribution in [3.05, 3.63) is 77.1 Å². The molecule has 1 heterocycles. The molecule has 3 N–H and O–H groups in total. The number of carboxylic acid groups (broad SMARTS) is 1. The fourth-order valence-electron chi connectivity index (χ4n) is 3.99. The Morgan fingerprint density at radius 3 is 2.70 bits per heavy atom. The molecule has 5 nitrogen and oxygen atoms in total. The van der Waals surface area contributed by atoms with Crippen LogP contribution in [-0.4, -0.2) is 23.5 Å². The van der Waals surface area contributed by atoms with E-state index >= 15 is 0 Å². The molecule has 6 heteroatoms. The number of carbonyl (C=O) groups is 2. The molecule has 27 heavy (non-hydrogen) atoms. The van der Waals surface area contributed by atoms with Gasteiger partial charge in [0.05, 0.1) is 6.04 Å². The summed E-state index contributed by atoms with van der Waals surface area (Å²) in [6.07, 6.45) is 5.19. The molecule has 1 amide bonds. The van der Waals surface area contributed by atoms with Crippen LogP contribution in [0.4, 0.5) is 10.1 Å². The molecule has 2 aromatic carbocycles. The predicted octanol–water partition coefficient (Wildman–Crippen LogP) is 3.47. The SMILES string of the molecule is O=C(O)CNC(=O)c1ccc2c(c1)[C@@H]1C=CC[C@@H]1[C@H](c1ccc(F)cc1)N2. The summed E-state index contributed by atoms with van der Waals surface area (Å²) in [5, 5.41) is 14.6. The Hall–Kier alpha value is -3.15. The van der Waals surface area contributed by atoms with Crippen LogP contribution in [0.1, 0.15) is 39.9 Å². The zero-order valence-corrected chi connectivity index (χ0v) is 14.5. The molecule has 0 spiro atoms. The third-order valence-electron chi connectivity index (χ3n) is 5.25. The normalized spacial score (nSPS) is 22.5. The van der Waals surface area contributed by atoms with E-state index in [0.717, 1.165) is 23.2 Å². The van der Waals surface area contributed by atoms with Gasteiger partial charge in [-0.1, -0.05) is 24.3 Å². The van der Waals surface area contributed by atoms with E-state index in [1.165, 1.54) is 12.1 Å². The topological polar surface area (TPSA) is 78.4 Å². The van der Waals surface area contributed by atoms with E-state index in [9.17, 15) is 14.0 Å². The van der Waals surface area contributed by atoms with Gasteiger partial charge >= 0.3 is 5.97 Å². The molecular formula is C21H19FN2O3. The van der Waals surface area contributed by atoms with E-state index in [1.54, 1.807) is 18.2 Å². The zero-order chi connectivity index (χ0) is 19.0. The average molecular weight is 366 g/mol. The Balaban J connectivity index is 1.64. The van der Waals surface area contributed by atoms with Crippen molar-refractivity contribution in [1.82, 2.24) is 5.32 Å². The van der Waals surface area contributed by atoms with Gasteiger partial charge in [-0.15, -0.1) is 0 Å². The molecule has 0 saturated heterocycles. The van der Waals surface area contributed by atoms with Crippen LogP contribution in [0, 0.1) is 11.7 Å². The van der Waals surface area contributed by atoms with Crippen LogP contribution in [0.25, 0.3) is 0 Å². The summed E-state index contributed by atoms with van der Waals surface area (Å²) < 4.78 is 13.3. The van der Waals surface area contributed by atoms with Gasteiger partial charge in [-0.05, 0) is 53.8 Å². The molecule has 1 aliphatic heterocycles. The molecule has 0 saturated carbocycles. The van der Waals surface area contributed by atoms with Gasteiger partial charge in [0.1, 0.15) is 12.4 Å². The van der Waals surface area contributed by atoms with Gasteiger partial charge in [-0.2, -0.15) is 0 Å². The Labute approximate surface area is 155 Å². The first-order valence-corrected chi connectivity index (χ1v) is 8.85. The lowest BCUT2D eigenvalue weighted by Crippen LogP contribution is -2.31. The van der Waals surface area contributed by atoms with E-state index in [2.05, 4.69) is 22.8 Å². The van der Waals surface area contributed by atoms with Crippen molar-refractivity contribution in [2.45, 2.75) is 18.4 Å². The van der Waals surface area contributed by atoms with Crippen molar-refractivity contribution >= 4 is 17.6 Å². The second kappa shape index (κ2) is 6.87. The number of hydrogen-bond acceptors (Lipinski definition) is 3. The van der Waals surface area contributed by atoms with Crippen molar-refractivity contribution in [3.8, 4) is 0 Å². The number of carbonyl (C=O) groups excluding carboxylic acids is 1. The third kappa shape index (κ3) is 3.30. The van der Waals surface area contributed by atoms with Crippen LogP contribution < -0.4 is 10.6 Å². The molecule has 2 aliphatic rings. The molecule has 0 fully saturated rings. The first-order chi connectivity index (χ1) is 13.0. The fourth-order valence-corrected chi connectivity index (χ4v) is 3.99. The molecule has 0 unspecified atom stereocenters. The third-order valence-corrected chi connectivity index (χ3v) is 5.25. The van der Waals surface area contributed by atoms with Gasteiger partial charge in [0, 0.05) is 17.2 Å². The number of amides is 1. The number of rotatable bonds is 4. The Morgan fingerprint density at radius 1 is 1.19 bits per heavy atom. The van der Waals surface area contributed by atoms with Crippen LogP contribution in [-0.2, 0) is 4.79 Å². The number of hydrogen-bond donors (Lipinski definition) is 3. The van der Waals surface area contributed by atoms with Crippen LogP contribution >= 0.6 is 0 Å². The van der Waals surface area contributed by atoms with Crippen LogP contribution in [0.3, 0.4) is 0 Å². The number of halogens is 1. The van der Waals surface area contributed by atoms with Gasteiger partial charge in [-0.25, -0.2) is 4.39 Å². The highest BCUT2D eigenvalue weighted by atomic mass is 19.1. The molecule has 1 aliphatic carbocycles. The van der Waals surface area contributed by atoms with E-state index in [0.29, 0.717) is 5.56 Å². The van der Waals surface area contributed by atoms with Crippen molar-refractivity contribution in [2.75, 3.05) is 11.9 Å². The van der Waals surface area contributed by atoms with Crippen molar-refractivity contribution < 1.29 is 19.1 Å². The number of allylic oxidation sites excluding steroid dienone is 2. The molecule has 138 valence electrons. The monoisotopic (exact) mass is 366 g/mol. The van der Waals surface area contributed by atoms with E-state index in [4.69, 9.17) is 5.11 Å². The van der Waals surface area contributed by atoms with Gasteiger partial charge in [0.25, 0.3) is 5.91 Å². The summed E-state index contributed by atoms with van der Waals surface area (Å²) in [4.78, 5) is 22.8. The lowest BCUT2D eigenvalue weighted by Gasteiger charge is -2.37. The lowest BCUT2D eigenvalue weighted by atomic mass is 9.76. The number of carboxylic acids is 1. The van der Waals surface area contributed by atoms with E-state index in [-0.39, 0.29) is 23.7 Å². The van der Waals surface area contributed by atoms with Crippen molar-refractivity contribution in [2.24, 2.45) is 5.92 Å². The van der Waals surface area contributed by atoms with Crippen LogP contribution in [0.5, 0.6) is 0 Å². The number of anilines is 1. The maximum absolute atomic E-state index is 13.3. The molecule has 4 rings (SSSR count). The van der Waals surface area contributed by atoms with Crippen LogP contribution in [0.2, 0.25) is 0 Å². The Kier molecular flexibility index (Phi) is 4.39. The maximum Gasteiger partial charge on any atom is 0.322 e. The second-order valence-electron chi connectivity index (χ2n) is 6.91. The summed E-state index contributed by atoms with van der Waals surface area (Å²) in [5.74, 6) is -1.31. The highest BCUT2D eigenvalue weighted by molar-refractivity contribution is 5.96. The second-order valence-corrected chi connectivity index (χ2v) is 6.91. The minimum Gasteiger partial charge on any atom is -0.480 e. The predicted molar refractivity (Wildman–Crippen MR) is 99.2 cm³/mol. The van der Waals surface area contributed by atoms with E-state index < -0.39 is 18.4 Å². The molecular weight excluding hydrogens is 347 g/mol. The summed E-state index contributed by atoms with van der Waals surface area (Å²) in [6.45, 7) is -0.410. The highest BCUT2D eigenvalue weighted by Gasteiger charge is 2.38. The standard InChI is InChI=1S/C21H19FN2O3/c22-14-7-4-12(5-8-14)20-16-3-1-2-15(16)17-10-13(6-9-18(17)24-20)21(27)23-11-19(25)26/h1-2,4-10,15-16,20,24H,3,11H2,(H,23,27)(H,25,26)/t15-,16+,20+/m1/s1. The lowest BCUT2D eigenvalue weighted by molar-refractivity contribution is -0.135. The van der Waals surface area contributed by atoms with Crippen molar-refractivity contribution in [3.63, 3.8) is 0 Å². The summed E-state index contributed by atoms with van der Waals surface area (Å²) in [6, 6.07) is 12.0. The van der Waals surface area contributed by atoms with Gasteiger partial charge in [-0.3, -0.25) is 9.59 Å². The number of benzene rings is 2. The quantitative estimate of drug-likeness (QED) is 0.724. The van der Waals surface area contributed by atoms with E-state index in [1.807, 2.05) is 12.1 Å². The summed E-state index contributed by atoms with van der Waals surface area (Å²) in [5.41, 5.74) is 3.43. The number of aliphatic carboxylic acids is 1. The average Bonchev–Trinajstić information content (AvgIpc) is 3.16. The highest BCUT2D eigenvalue weighted by Crippen LogP contribution is 2.49. The van der Waals surface area contributed by atoms with Gasteiger partial charge in [0.15, 0.2) is 0 Å².